The standard InChI is InChI=1S/C20H16F4N2O2S/c1-26(2)13-10-8-12(9-11-13)15-16(21)17(22)18(23)19(24)20(15)25-29(27,28)14-6-4-3-5-7-14/h3-11,25H,1-2H3. The highest BCUT2D eigenvalue weighted by Crippen LogP contribution is 2.38. The highest BCUT2D eigenvalue weighted by molar-refractivity contribution is 7.92. The lowest BCUT2D eigenvalue weighted by Gasteiger charge is -2.17. The smallest absolute Gasteiger partial charge is 0.262 e. The van der Waals surface area contributed by atoms with Crippen LogP contribution in [0.15, 0.2) is 59.5 Å². The molecule has 0 amide bonds. The van der Waals surface area contributed by atoms with E-state index in [1.54, 1.807) is 37.2 Å². The van der Waals surface area contributed by atoms with E-state index < -0.39 is 44.5 Å². The second kappa shape index (κ2) is 7.75. The number of rotatable bonds is 5. The van der Waals surface area contributed by atoms with Crippen molar-refractivity contribution in [2.75, 3.05) is 23.7 Å². The Balaban J connectivity index is 2.21. The van der Waals surface area contributed by atoms with Crippen LogP contribution in [0.25, 0.3) is 11.1 Å². The molecule has 152 valence electrons. The zero-order valence-electron chi connectivity index (χ0n) is 15.4. The molecule has 0 radical (unpaired) electrons. The van der Waals surface area contributed by atoms with Gasteiger partial charge < -0.3 is 4.90 Å². The normalized spacial score (nSPS) is 11.4. The van der Waals surface area contributed by atoms with Crippen molar-refractivity contribution in [3.05, 3.63) is 77.9 Å². The van der Waals surface area contributed by atoms with Gasteiger partial charge in [0, 0.05) is 25.3 Å². The molecule has 0 aliphatic rings. The van der Waals surface area contributed by atoms with Gasteiger partial charge in [-0.05, 0) is 29.8 Å². The molecule has 3 rings (SSSR count). The molecule has 0 saturated carbocycles. The summed E-state index contributed by atoms with van der Waals surface area (Å²) in [5.74, 6) is -7.68. The van der Waals surface area contributed by atoms with Gasteiger partial charge in [-0.2, -0.15) is 0 Å². The first-order valence-corrected chi connectivity index (χ1v) is 9.83. The molecule has 0 bridgehead atoms. The van der Waals surface area contributed by atoms with E-state index in [9.17, 15) is 26.0 Å². The average Bonchev–Trinajstić information content (AvgIpc) is 2.71. The maximum atomic E-state index is 14.6. The second-order valence-electron chi connectivity index (χ2n) is 6.37. The fraction of sp³-hybridized carbons (Fsp3) is 0.100. The largest absolute Gasteiger partial charge is 0.378 e. The Morgan fingerprint density at radius 2 is 1.31 bits per heavy atom. The van der Waals surface area contributed by atoms with Crippen molar-refractivity contribution in [3.8, 4) is 11.1 Å². The first-order chi connectivity index (χ1) is 13.6. The molecular formula is C20H16F4N2O2S. The van der Waals surface area contributed by atoms with E-state index in [0.717, 1.165) is 0 Å². The molecule has 0 fully saturated rings. The van der Waals surface area contributed by atoms with Gasteiger partial charge in [0.15, 0.2) is 23.3 Å². The molecule has 0 heterocycles. The summed E-state index contributed by atoms with van der Waals surface area (Å²) in [6, 6.07) is 12.7. The van der Waals surface area contributed by atoms with Crippen LogP contribution in [0, 0.1) is 23.3 Å². The van der Waals surface area contributed by atoms with Gasteiger partial charge in [-0.25, -0.2) is 26.0 Å². The van der Waals surface area contributed by atoms with Crippen molar-refractivity contribution < 1.29 is 26.0 Å². The summed E-state index contributed by atoms with van der Waals surface area (Å²) in [6.45, 7) is 0. The summed E-state index contributed by atoms with van der Waals surface area (Å²) in [6.07, 6.45) is 0. The quantitative estimate of drug-likeness (QED) is 0.365. The Bertz CT molecular complexity index is 1150. The number of anilines is 2. The highest BCUT2D eigenvalue weighted by Gasteiger charge is 2.29. The van der Waals surface area contributed by atoms with Crippen LogP contribution < -0.4 is 9.62 Å². The van der Waals surface area contributed by atoms with Crippen molar-refractivity contribution in [1.29, 1.82) is 0 Å². The molecular weight excluding hydrogens is 408 g/mol. The third-order valence-electron chi connectivity index (χ3n) is 4.23. The lowest BCUT2D eigenvalue weighted by Crippen LogP contribution is -2.17. The molecule has 29 heavy (non-hydrogen) atoms. The molecule has 1 N–H and O–H groups in total. The van der Waals surface area contributed by atoms with E-state index in [0.29, 0.717) is 5.69 Å². The van der Waals surface area contributed by atoms with Crippen LogP contribution in [0.4, 0.5) is 28.9 Å². The van der Waals surface area contributed by atoms with Gasteiger partial charge in [-0.15, -0.1) is 0 Å². The lowest BCUT2D eigenvalue weighted by molar-refractivity contribution is 0.413. The van der Waals surface area contributed by atoms with E-state index >= 15 is 0 Å². The van der Waals surface area contributed by atoms with Crippen molar-refractivity contribution in [2.24, 2.45) is 0 Å². The van der Waals surface area contributed by atoms with Crippen molar-refractivity contribution in [3.63, 3.8) is 0 Å². The number of hydrogen-bond acceptors (Lipinski definition) is 3. The van der Waals surface area contributed by atoms with E-state index in [1.165, 1.54) is 36.4 Å². The minimum absolute atomic E-state index is 0.0309. The molecule has 0 saturated heterocycles. The summed E-state index contributed by atoms with van der Waals surface area (Å²) in [5, 5.41) is 0. The van der Waals surface area contributed by atoms with Gasteiger partial charge in [-0.1, -0.05) is 30.3 Å². The van der Waals surface area contributed by atoms with Crippen molar-refractivity contribution >= 4 is 21.4 Å². The molecule has 0 spiro atoms. The molecule has 4 nitrogen and oxygen atoms in total. The van der Waals surface area contributed by atoms with Crippen LogP contribution in [0.1, 0.15) is 0 Å². The average molecular weight is 424 g/mol. The predicted octanol–water partition coefficient (Wildman–Crippen LogP) is 4.78. The summed E-state index contributed by atoms with van der Waals surface area (Å²) in [7, 11) is -0.876. The number of nitrogens with one attached hydrogen (secondary N) is 1. The van der Waals surface area contributed by atoms with Crippen LogP contribution in [0.3, 0.4) is 0 Å². The first-order valence-electron chi connectivity index (χ1n) is 8.35. The lowest BCUT2D eigenvalue weighted by atomic mass is 10.0. The van der Waals surface area contributed by atoms with Crippen LogP contribution in [-0.4, -0.2) is 22.5 Å². The number of halogens is 4. The fourth-order valence-electron chi connectivity index (χ4n) is 2.72. The van der Waals surface area contributed by atoms with Crippen LogP contribution in [-0.2, 0) is 10.0 Å². The third kappa shape index (κ3) is 3.91. The van der Waals surface area contributed by atoms with Gasteiger partial charge in [0.25, 0.3) is 10.0 Å². The second-order valence-corrected chi connectivity index (χ2v) is 8.05. The van der Waals surface area contributed by atoms with E-state index in [4.69, 9.17) is 0 Å². The monoisotopic (exact) mass is 424 g/mol. The summed E-state index contributed by atoms with van der Waals surface area (Å²) in [4.78, 5) is 1.49. The summed E-state index contributed by atoms with van der Waals surface area (Å²) < 4.78 is 83.9. The summed E-state index contributed by atoms with van der Waals surface area (Å²) in [5.41, 5.74) is -1.06. The van der Waals surface area contributed by atoms with Crippen LogP contribution in [0.5, 0.6) is 0 Å². The number of nitrogens with zero attached hydrogens (tertiary/aromatic N) is 1. The molecule has 0 atom stereocenters. The maximum absolute atomic E-state index is 14.6. The Hall–Kier alpha value is -3.07. The van der Waals surface area contributed by atoms with Gasteiger partial charge >= 0.3 is 0 Å². The SMILES string of the molecule is CN(C)c1ccc(-c2c(F)c(F)c(F)c(F)c2NS(=O)(=O)c2ccccc2)cc1. The molecule has 0 aromatic heterocycles. The Morgan fingerprint density at radius 3 is 1.86 bits per heavy atom. The highest BCUT2D eigenvalue weighted by atomic mass is 32.2. The molecule has 3 aromatic rings. The number of sulfonamides is 1. The fourth-order valence-corrected chi connectivity index (χ4v) is 3.81. The molecule has 0 unspecified atom stereocenters. The third-order valence-corrected chi connectivity index (χ3v) is 5.60. The minimum atomic E-state index is -4.39. The Morgan fingerprint density at radius 1 is 0.759 bits per heavy atom. The van der Waals surface area contributed by atoms with Crippen LogP contribution in [0.2, 0.25) is 0 Å². The summed E-state index contributed by atoms with van der Waals surface area (Å²) >= 11 is 0. The van der Waals surface area contributed by atoms with Gasteiger partial charge in [0.05, 0.1) is 10.6 Å². The van der Waals surface area contributed by atoms with Crippen molar-refractivity contribution in [1.82, 2.24) is 0 Å². The molecule has 9 heteroatoms. The van der Waals surface area contributed by atoms with Crippen molar-refractivity contribution in [2.45, 2.75) is 4.90 Å². The van der Waals surface area contributed by atoms with Gasteiger partial charge in [0.2, 0.25) is 0 Å². The first kappa shape index (κ1) is 20.7. The zero-order chi connectivity index (χ0) is 21.3. The van der Waals surface area contributed by atoms with E-state index in [1.807, 2.05) is 4.72 Å². The molecule has 0 aliphatic heterocycles. The maximum Gasteiger partial charge on any atom is 0.262 e. The number of hydrogen-bond donors (Lipinski definition) is 1. The number of benzene rings is 3. The van der Waals surface area contributed by atoms with Gasteiger partial charge in [-0.3, -0.25) is 4.72 Å². The molecule has 3 aromatic carbocycles. The zero-order valence-corrected chi connectivity index (χ0v) is 16.2. The Kier molecular flexibility index (Phi) is 5.52. The topological polar surface area (TPSA) is 49.4 Å². The van der Waals surface area contributed by atoms with E-state index in [-0.39, 0.29) is 10.5 Å². The van der Waals surface area contributed by atoms with Crippen LogP contribution >= 0.6 is 0 Å². The molecule has 0 aliphatic carbocycles. The minimum Gasteiger partial charge on any atom is -0.378 e. The van der Waals surface area contributed by atoms with E-state index in [2.05, 4.69) is 0 Å². The Labute approximate surface area is 165 Å². The van der Waals surface area contributed by atoms with Gasteiger partial charge in [0.1, 0.15) is 0 Å². The predicted molar refractivity (Wildman–Crippen MR) is 103 cm³/mol.